The second kappa shape index (κ2) is 5.95. The molecule has 1 aliphatic rings. The Labute approximate surface area is 125 Å². The Morgan fingerprint density at radius 1 is 1.29 bits per heavy atom. The lowest BCUT2D eigenvalue weighted by molar-refractivity contribution is 0.423. The summed E-state index contributed by atoms with van der Waals surface area (Å²) in [7, 11) is 0. The first-order chi connectivity index (χ1) is 10.1. The van der Waals surface area contributed by atoms with Crippen LogP contribution in [0.5, 0.6) is 11.6 Å². The van der Waals surface area contributed by atoms with Gasteiger partial charge in [-0.2, -0.15) is 0 Å². The Morgan fingerprint density at radius 2 is 2.10 bits per heavy atom. The molecular weight excluding hydrogens is 298 g/mol. The molecule has 0 atom stereocenters. The summed E-state index contributed by atoms with van der Waals surface area (Å²) < 4.78 is 31.6. The molecule has 1 aliphatic carbocycles. The first-order valence-corrected chi connectivity index (χ1v) is 7.00. The lowest BCUT2D eigenvalue weighted by Gasteiger charge is -2.09. The van der Waals surface area contributed by atoms with Crippen molar-refractivity contribution in [2.24, 2.45) is 0 Å². The van der Waals surface area contributed by atoms with E-state index in [1.165, 1.54) is 18.9 Å². The van der Waals surface area contributed by atoms with Gasteiger partial charge < -0.3 is 10.1 Å². The van der Waals surface area contributed by atoms with Crippen LogP contribution in [0.4, 0.5) is 8.78 Å². The first-order valence-electron chi connectivity index (χ1n) is 6.62. The fraction of sp³-hybridized carbons (Fsp3) is 0.267. The summed E-state index contributed by atoms with van der Waals surface area (Å²) in [5, 5.41) is 3.63. The van der Waals surface area contributed by atoms with E-state index < -0.39 is 11.6 Å². The Balaban J connectivity index is 1.72. The van der Waals surface area contributed by atoms with Crippen LogP contribution in [0.2, 0.25) is 5.02 Å². The summed E-state index contributed by atoms with van der Waals surface area (Å²) in [6.45, 7) is 0.683. The molecule has 1 heterocycles. The van der Waals surface area contributed by atoms with Crippen LogP contribution >= 0.6 is 11.6 Å². The minimum Gasteiger partial charge on any atom is -0.434 e. The van der Waals surface area contributed by atoms with Gasteiger partial charge in [-0.3, -0.25) is 0 Å². The van der Waals surface area contributed by atoms with E-state index in [-0.39, 0.29) is 16.7 Å². The highest BCUT2D eigenvalue weighted by molar-refractivity contribution is 6.31. The summed E-state index contributed by atoms with van der Waals surface area (Å²) in [5.41, 5.74) is 0.929. The number of hydrogen-bond donors (Lipinski definition) is 1. The molecule has 0 spiro atoms. The summed E-state index contributed by atoms with van der Waals surface area (Å²) >= 11 is 6.08. The maximum atomic E-state index is 13.5. The van der Waals surface area contributed by atoms with Gasteiger partial charge in [-0.1, -0.05) is 11.6 Å². The summed E-state index contributed by atoms with van der Waals surface area (Å²) in [6.07, 6.45) is 4.02. The smallest absolute Gasteiger partial charge is 0.238 e. The van der Waals surface area contributed by atoms with Crippen LogP contribution in [0.15, 0.2) is 30.5 Å². The zero-order valence-electron chi connectivity index (χ0n) is 11.1. The van der Waals surface area contributed by atoms with Crippen LogP contribution in [0.3, 0.4) is 0 Å². The standard InChI is InChI=1S/C15H13ClF2N2O/c16-12-5-9(7-19-11-2-3-11)8-20-15(12)21-14-4-1-10(17)6-13(14)18/h1,4-6,8,11,19H,2-3,7H2. The number of nitrogens with one attached hydrogen (secondary N) is 1. The van der Waals surface area contributed by atoms with Crippen LogP contribution in [0.1, 0.15) is 18.4 Å². The number of hydrogen-bond acceptors (Lipinski definition) is 3. The average Bonchev–Trinajstić information content (AvgIpc) is 3.26. The van der Waals surface area contributed by atoms with Crippen LogP contribution in [0, 0.1) is 11.6 Å². The van der Waals surface area contributed by atoms with E-state index >= 15 is 0 Å². The second-order valence-electron chi connectivity index (χ2n) is 4.96. The molecule has 2 aromatic rings. The topological polar surface area (TPSA) is 34.1 Å². The Kier molecular flexibility index (Phi) is 4.03. The van der Waals surface area contributed by atoms with Crippen molar-refractivity contribution in [3.05, 3.63) is 52.7 Å². The van der Waals surface area contributed by atoms with Crippen LogP contribution in [0.25, 0.3) is 0 Å². The SMILES string of the molecule is Fc1ccc(Oc2ncc(CNC3CC3)cc2Cl)c(F)c1. The number of pyridine rings is 1. The quantitative estimate of drug-likeness (QED) is 0.904. The number of rotatable bonds is 5. The van der Waals surface area contributed by atoms with Gasteiger partial charge in [0.25, 0.3) is 0 Å². The van der Waals surface area contributed by atoms with Gasteiger partial charge in [-0.25, -0.2) is 13.8 Å². The van der Waals surface area contributed by atoms with Crippen molar-refractivity contribution >= 4 is 11.6 Å². The van der Waals surface area contributed by atoms with Crippen molar-refractivity contribution in [1.82, 2.24) is 10.3 Å². The van der Waals surface area contributed by atoms with Crippen molar-refractivity contribution in [3.8, 4) is 11.6 Å². The maximum absolute atomic E-state index is 13.5. The highest BCUT2D eigenvalue weighted by Gasteiger charge is 2.20. The minimum atomic E-state index is -0.799. The average molecular weight is 311 g/mol. The predicted octanol–water partition coefficient (Wildman–Crippen LogP) is 4.06. The molecule has 0 radical (unpaired) electrons. The Morgan fingerprint density at radius 3 is 2.76 bits per heavy atom. The molecule has 0 amide bonds. The highest BCUT2D eigenvalue weighted by atomic mass is 35.5. The van der Waals surface area contributed by atoms with Crippen molar-refractivity contribution in [2.75, 3.05) is 0 Å². The zero-order valence-corrected chi connectivity index (χ0v) is 11.8. The molecule has 3 rings (SSSR count). The molecule has 3 nitrogen and oxygen atoms in total. The Bertz CT molecular complexity index is 662. The van der Waals surface area contributed by atoms with Gasteiger partial charge in [0.1, 0.15) is 10.8 Å². The van der Waals surface area contributed by atoms with E-state index in [9.17, 15) is 8.78 Å². The number of halogens is 3. The van der Waals surface area contributed by atoms with Crippen LogP contribution in [-0.4, -0.2) is 11.0 Å². The van der Waals surface area contributed by atoms with E-state index in [2.05, 4.69) is 10.3 Å². The molecule has 0 bridgehead atoms. The second-order valence-corrected chi connectivity index (χ2v) is 5.37. The molecule has 21 heavy (non-hydrogen) atoms. The number of ether oxygens (including phenoxy) is 1. The van der Waals surface area contributed by atoms with E-state index in [0.717, 1.165) is 17.7 Å². The van der Waals surface area contributed by atoms with E-state index in [0.29, 0.717) is 12.6 Å². The summed E-state index contributed by atoms with van der Waals surface area (Å²) in [6, 6.07) is 5.37. The van der Waals surface area contributed by atoms with Gasteiger partial charge in [-0.15, -0.1) is 0 Å². The number of aromatic nitrogens is 1. The van der Waals surface area contributed by atoms with Crippen molar-refractivity contribution in [1.29, 1.82) is 0 Å². The number of benzene rings is 1. The third-order valence-corrected chi connectivity index (χ3v) is 3.41. The van der Waals surface area contributed by atoms with Crippen molar-refractivity contribution < 1.29 is 13.5 Å². The molecule has 0 unspecified atom stereocenters. The highest BCUT2D eigenvalue weighted by Crippen LogP contribution is 2.29. The number of nitrogens with zero attached hydrogens (tertiary/aromatic N) is 1. The molecule has 1 fully saturated rings. The molecular formula is C15H13ClF2N2O. The molecule has 110 valence electrons. The third-order valence-electron chi connectivity index (χ3n) is 3.14. The van der Waals surface area contributed by atoms with E-state index in [4.69, 9.17) is 16.3 Å². The molecule has 1 aromatic carbocycles. The minimum absolute atomic E-state index is 0.0948. The largest absolute Gasteiger partial charge is 0.434 e. The van der Waals surface area contributed by atoms with E-state index in [1.54, 1.807) is 12.3 Å². The summed E-state index contributed by atoms with van der Waals surface area (Å²) in [4.78, 5) is 4.08. The lowest BCUT2D eigenvalue weighted by Crippen LogP contribution is -2.15. The van der Waals surface area contributed by atoms with Gasteiger partial charge in [0, 0.05) is 24.8 Å². The lowest BCUT2D eigenvalue weighted by atomic mass is 10.3. The fourth-order valence-corrected chi connectivity index (χ4v) is 2.08. The van der Waals surface area contributed by atoms with Gasteiger partial charge in [0.2, 0.25) is 5.88 Å². The zero-order chi connectivity index (χ0) is 14.8. The molecule has 0 aliphatic heterocycles. The summed E-state index contributed by atoms with van der Waals surface area (Å²) in [5.74, 6) is -1.49. The molecule has 1 saturated carbocycles. The third kappa shape index (κ3) is 3.68. The predicted molar refractivity (Wildman–Crippen MR) is 75.5 cm³/mol. The first kappa shape index (κ1) is 14.2. The van der Waals surface area contributed by atoms with Gasteiger partial charge in [-0.05, 0) is 36.6 Å². The molecule has 1 N–H and O–H groups in total. The Hall–Kier alpha value is -1.72. The molecule has 1 aromatic heterocycles. The van der Waals surface area contributed by atoms with Gasteiger partial charge in [0.15, 0.2) is 11.6 Å². The normalized spacial score (nSPS) is 14.2. The molecule has 6 heteroatoms. The van der Waals surface area contributed by atoms with Gasteiger partial charge >= 0.3 is 0 Å². The van der Waals surface area contributed by atoms with E-state index in [1.807, 2.05) is 0 Å². The fourth-order valence-electron chi connectivity index (χ4n) is 1.85. The monoisotopic (exact) mass is 310 g/mol. The van der Waals surface area contributed by atoms with Crippen molar-refractivity contribution in [3.63, 3.8) is 0 Å². The maximum Gasteiger partial charge on any atom is 0.238 e. The van der Waals surface area contributed by atoms with Crippen LogP contribution in [-0.2, 0) is 6.54 Å². The molecule has 0 saturated heterocycles. The van der Waals surface area contributed by atoms with Crippen LogP contribution < -0.4 is 10.1 Å². The van der Waals surface area contributed by atoms with Crippen molar-refractivity contribution in [2.45, 2.75) is 25.4 Å². The van der Waals surface area contributed by atoms with Gasteiger partial charge in [0.05, 0.1) is 0 Å².